The molecule has 0 radical (unpaired) electrons. The molecule has 236 valence electrons. The molecule has 0 aliphatic carbocycles. The summed E-state index contributed by atoms with van der Waals surface area (Å²) in [6, 6.07) is 3.63. The molecular formula is C30H26F3N9O4. The van der Waals surface area contributed by atoms with Crippen molar-refractivity contribution in [3.8, 4) is 17.9 Å². The van der Waals surface area contributed by atoms with Crippen molar-refractivity contribution in [2.45, 2.75) is 44.4 Å². The maximum absolute atomic E-state index is 13.3. The van der Waals surface area contributed by atoms with E-state index in [0.29, 0.717) is 24.5 Å². The number of hydrogen-bond acceptors (Lipinski definition) is 9. The van der Waals surface area contributed by atoms with Gasteiger partial charge in [0.05, 0.1) is 47.3 Å². The molecule has 2 aliphatic heterocycles. The molecule has 1 unspecified atom stereocenters. The highest BCUT2D eigenvalue weighted by atomic mass is 19.4. The molecule has 13 nitrogen and oxygen atoms in total. The molecular weight excluding hydrogens is 607 g/mol. The number of piperidine rings is 1. The van der Waals surface area contributed by atoms with Gasteiger partial charge in [0.15, 0.2) is 0 Å². The zero-order valence-corrected chi connectivity index (χ0v) is 24.5. The highest BCUT2D eigenvalue weighted by molar-refractivity contribution is 6.03. The van der Waals surface area contributed by atoms with Crippen molar-refractivity contribution in [3.63, 3.8) is 0 Å². The molecule has 1 aromatic carbocycles. The van der Waals surface area contributed by atoms with Crippen molar-refractivity contribution in [1.82, 2.24) is 30.4 Å². The minimum atomic E-state index is -4.76. The average molecular weight is 634 g/mol. The molecule has 0 bridgehead atoms. The maximum Gasteiger partial charge on any atom is 0.417 e. The third-order valence-corrected chi connectivity index (χ3v) is 7.46. The van der Waals surface area contributed by atoms with Crippen molar-refractivity contribution >= 4 is 35.1 Å². The predicted molar refractivity (Wildman–Crippen MR) is 155 cm³/mol. The van der Waals surface area contributed by atoms with Gasteiger partial charge < -0.3 is 15.5 Å². The third-order valence-electron chi connectivity index (χ3n) is 7.46. The van der Waals surface area contributed by atoms with E-state index in [4.69, 9.17) is 5.26 Å². The van der Waals surface area contributed by atoms with Gasteiger partial charge in [0.2, 0.25) is 11.8 Å². The molecule has 2 fully saturated rings. The van der Waals surface area contributed by atoms with Crippen molar-refractivity contribution in [2.24, 2.45) is 5.92 Å². The van der Waals surface area contributed by atoms with Crippen LogP contribution in [-0.4, -0.2) is 62.5 Å². The van der Waals surface area contributed by atoms with Crippen LogP contribution < -0.4 is 20.9 Å². The van der Waals surface area contributed by atoms with E-state index < -0.39 is 46.6 Å². The van der Waals surface area contributed by atoms with E-state index >= 15 is 0 Å². The zero-order chi connectivity index (χ0) is 33.2. The third kappa shape index (κ3) is 6.81. The number of anilines is 2. The van der Waals surface area contributed by atoms with Gasteiger partial charge in [-0.2, -0.15) is 23.5 Å². The van der Waals surface area contributed by atoms with Crippen LogP contribution in [0.25, 0.3) is 0 Å². The molecule has 2 saturated heterocycles. The zero-order valence-electron chi connectivity index (χ0n) is 24.5. The molecule has 3 aromatic rings. The van der Waals surface area contributed by atoms with Crippen molar-refractivity contribution in [3.05, 3.63) is 65.4 Å². The molecule has 16 heteroatoms. The van der Waals surface area contributed by atoms with E-state index in [9.17, 15) is 32.3 Å². The summed E-state index contributed by atoms with van der Waals surface area (Å²) in [7, 11) is 0. The van der Waals surface area contributed by atoms with Crippen LogP contribution in [0.2, 0.25) is 0 Å². The summed E-state index contributed by atoms with van der Waals surface area (Å²) < 4.78 is 41.3. The van der Waals surface area contributed by atoms with E-state index in [2.05, 4.69) is 42.9 Å². The Hall–Kier alpha value is -5.77. The number of nitrogens with one attached hydrogen (secondary N) is 3. The Labute approximate surface area is 260 Å². The second kappa shape index (κ2) is 12.3. The van der Waals surface area contributed by atoms with E-state index in [1.807, 2.05) is 4.90 Å². The molecule has 4 heterocycles. The number of carbonyl (C=O) groups is 4. The minimum absolute atomic E-state index is 0.00355. The fraction of sp³-hybridized carbons (Fsp3) is 0.333. The summed E-state index contributed by atoms with van der Waals surface area (Å²) >= 11 is 0. The van der Waals surface area contributed by atoms with E-state index in [-0.39, 0.29) is 36.0 Å². The smallest absolute Gasteiger partial charge is 0.353 e. The van der Waals surface area contributed by atoms with Crippen LogP contribution in [0.15, 0.2) is 43.0 Å². The lowest BCUT2D eigenvalue weighted by atomic mass is 10.0. The van der Waals surface area contributed by atoms with Gasteiger partial charge in [0.1, 0.15) is 23.1 Å². The Balaban J connectivity index is 1.14. The van der Waals surface area contributed by atoms with E-state index in [1.165, 1.54) is 35.4 Å². The molecule has 2 aromatic heterocycles. The van der Waals surface area contributed by atoms with Crippen molar-refractivity contribution in [2.75, 3.05) is 23.3 Å². The van der Waals surface area contributed by atoms with Gasteiger partial charge in [-0.15, -0.1) is 0 Å². The largest absolute Gasteiger partial charge is 0.417 e. The first kappa shape index (κ1) is 31.6. The fourth-order valence-electron chi connectivity index (χ4n) is 4.64. The molecule has 4 amide bonds. The van der Waals surface area contributed by atoms with E-state index in [1.54, 1.807) is 20.0 Å². The lowest BCUT2D eigenvalue weighted by Crippen LogP contribution is -2.52. The SMILES string of the molecule is CC(C)(C(=O)Nc1ccc(C#N)c(C(F)(F)F)c1)n1cc(C#CC2CN(c3cnc(C(=O)NC4CCC(=O)NC4=O)cn3)C2)cn1. The molecule has 0 spiro atoms. The average Bonchev–Trinajstić information content (AvgIpc) is 3.47. The normalized spacial score (nSPS) is 16.8. The van der Waals surface area contributed by atoms with Crippen LogP contribution in [0, 0.1) is 29.1 Å². The van der Waals surface area contributed by atoms with Crippen LogP contribution in [0.5, 0.6) is 0 Å². The Morgan fingerprint density at radius 1 is 1.11 bits per heavy atom. The summed E-state index contributed by atoms with van der Waals surface area (Å²) in [6.07, 6.45) is 1.38. The van der Waals surface area contributed by atoms with Gasteiger partial charge in [-0.3, -0.25) is 29.2 Å². The van der Waals surface area contributed by atoms with Crippen LogP contribution in [-0.2, 0) is 26.1 Å². The number of nitrogens with zero attached hydrogens (tertiary/aromatic N) is 6. The first-order chi connectivity index (χ1) is 21.7. The number of aromatic nitrogens is 4. The number of nitriles is 1. The lowest BCUT2D eigenvalue weighted by molar-refractivity contribution is -0.138. The van der Waals surface area contributed by atoms with E-state index in [0.717, 1.165) is 12.1 Å². The Bertz CT molecular complexity index is 1810. The highest BCUT2D eigenvalue weighted by Crippen LogP contribution is 2.34. The maximum atomic E-state index is 13.3. The number of carbonyl (C=O) groups excluding carboxylic acids is 4. The van der Waals surface area contributed by atoms with Gasteiger partial charge in [-0.1, -0.05) is 11.8 Å². The molecule has 2 aliphatic rings. The number of benzene rings is 1. The van der Waals surface area contributed by atoms with Crippen LogP contribution in [0.4, 0.5) is 24.7 Å². The summed E-state index contributed by atoms with van der Waals surface area (Å²) in [4.78, 5) is 58.9. The molecule has 1 atom stereocenters. The Morgan fingerprint density at radius 3 is 2.52 bits per heavy atom. The van der Waals surface area contributed by atoms with Crippen molar-refractivity contribution in [1.29, 1.82) is 5.26 Å². The van der Waals surface area contributed by atoms with Gasteiger partial charge in [-0.05, 0) is 38.5 Å². The van der Waals surface area contributed by atoms with Crippen LogP contribution >= 0.6 is 0 Å². The summed E-state index contributed by atoms with van der Waals surface area (Å²) in [5.74, 6) is 4.54. The van der Waals surface area contributed by atoms with Crippen LogP contribution in [0.3, 0.4) is 0 Å². The highest BCUT2D eigenvalue weighted by Gasteiger charge is 2.35. The first-order valence-electron chi connectivity index (χ1n) is 14.0. The van der Waals surface area contributed by atoms with Crippen molar-refractivity contribution < 1.29 is 32.3 Å². The summed E-state index contributed by atoms with van der Waals surface area (Å²) in [6.45, 7) is 4.21. The summed E-state index contributed by atoms with van der Waals surface area (Å²) in [5, 5.41) is 20.4. The Morgan fingerprint density at radius 2 is 1.87 bits per heavy atom. The Kier molecular flexibility index (Phi) is 8.47. The number of alkyl halides is 3. The predicted octanol–water partition coefficient (Wildman–Crippen LogP) is 1.96. The number of rotatable bonds is 6. The number of amides is 4. The number of hydrogen-bond donors (Lipinski definition) is 3. The monoisotopic (exact) mass is 633 g/mol. The quantitative estimate of drug-likeness (QED) is 0.271. The molecule has 46 heavy (non-hydrogen) atoms. The topological polar surface area (TPSA) is 175 Å². The standard InChI is InChI=1S/C30H26F3N9O4/c1-29(2,28(46)38-20-6-5-19(10-34)21(9-20)30(31,32)33)42-16-17(11-37-42)3-4-18-14-41(15-18)24-13-35-23(12-36-24)27(45)39-22-7-8-25(43)40-26(22)44/h5-6,9,11-13,16,18,22H,7-8,14-15H2,1-2H3,(H,38,46)(H,39,45)(H,40,43,44). The number of halogens is 3. The summed E-state index contributed by atoms with van der Waals surface area (Å²) in [5.41, 5.74) is -2.53. The second-order valence-corrected chi connectivity index (χ2v) is 11.2. The fourth-order valence-corrected chi connectivity index (χ4v) is 4.64. The lowest BCUT2D eigenvalue weighted by Gasteiger charge is -2.37. The number of imide groups is 1. The molecule has 0 saturated carbocycles. The van der Waals surface area contributed by atoms with Gasteiger partial charge in [0, 0.05) is 31.4 Å². The van der Waals surface area contributed by atoms with Gasteiger partial charge in [-0.25, -0.2) is 9.97 Å². The van der Waals surface area contributed by atoms with Gasteiger partial charge >= 0.3 is 6.18 Å². The molecule has 3 N–H and O–H groups in total. The minimum Gasteiger partial charge on any atom is -0.353 e. The first-order valence-corrected chi connectivity index (χ1v) is 14.0. The molecule has 5 rings (SSSR count). The van der Waals surface area contributed by atoms with Gasteiger partial charge in [0.25, 0.3) is 11.8 Å². The second-order valence-electron chi connectivity index (χ2n) is 11.2. The van der Waals surface area contributed by atoms with Crippen LogP contribution in [0.1, 0.15) is 53.9 Å².